The number of carboxylic acids is 1. The van der Waals surface area contributed by atoms with Crippen LogP contribution in [0.3, 0.4) is 0 Å². The van der Waals surface area contributed by atoms with Crippen LogP contribution in [0.2, 0.25) is 0 Å². The van der Waals surface area contributed by atoms with Gasteiger partial charge in [-0.1, -0.05) is 72.8 Å². The maximum absolute atomic E-state index is 13.5. The molecule has 1 saturated heterocycles. The van der Waals surface area contributed by atoms with Crippen LogP contribution in [-0.2, 0) is 14.3 Å². The van der Waals surface area contributed by atoms with Crippen molar-refractivity contribution >= 4 is 17.6 Å². The number of hydrogen-bond acceptors (Lipinski definition) is 8. The Bertz CT molecular complexity index is 1470. The van der Waals surface area contributed by atoms with E-state index in [0.717, 1.165) is 11.1 Å². The minimum atomic E-state index is -1.28. The minimum Gasteiger partial charge on any atom is -0.478 e. The summed E-state index contributed by atoms with van der Waals surface area (Å²) >= 11 is 0. The zero-order chi connectivity index (χ0) is 28.4. The van der Waals surface area contributed by atoms with Gasteiger partial charge >= 0.3 is 11.9 Å². The molecule has 1 unspecified atom stereocenters. The number of esters is 1. The summed E-state index contributed by atoms with van der Waals surface area (Å²) < 4.78 is 5.83. The van der Waals surface area contributed by atoms with Crippen molar-refractivity contribution in [1.82, 2.24) is 10.2 Å². The highest BCUT2D eigenvalue weighted by Gasteiger charge is 2.41. The van der Waals surface area contributed by atoms with Crippen LogP contribution in [0.5, 0.6) is 0 Å². The molecule has 10 nitrogen and oxygen atoms in total. The number of ether oxygens (including phenoxy) is 1. The van der Waals surface area contributed by atoms with Crippen molar-refractivity contribution in [1.29, 1.82) is 0 Å². The molecule has 0 bridgehead atoms. The van der Waals surface area contributed by atoms with Gasteiger partial charge in [-0.25, -0.2) is 9.59 Å². The molecule has 2 aliphatic rings. The Labute approximate surface area is 230 Å². The molecule has 1 fully saturated rings. The number of nitro benzene ring substituents is 1. The second kappa shape index (κ2) is 11.0. The number of carboxylic acid groups (broad SMARTS) is 1. The van der Waals surface area contributed by atoms with Crippen LogP contribution >= 0.6 is 0 Å². The summed E-state index contributed by atoms with van der Waals surface area (Å²) in [5.41, 5.74) is 8.47. The minimum absolute atomic E-state index is 0.0280. The second-order valence-electron chi connectivity index (χ2n) is 9.79. The van der Waals surface area contributed by atoms with Gasteiger partial charge in [0.15, 0.2) is 0 Å². The summed E-state index contributed by atoms with van der Waals surface area (Å²) in [7, 11) is 0. The molecule has 2 aliphatic heterocycles. The Balaban J connectivity index is 1.39. The Morgan fingerprint density at radius 3 is 2.15 bits per heavy atom. The van der Waals surface area contributed by atoms with Crippen molar-refractivity contribution in [2.24, 2.45) is 5.73 Å². The number of nitrogens with zero attached hydrogens (tertiary/aromatic N) is 2. The maximum atomic E-state index is 13.5. The summed E-state index contributed by atoms with van der Waals surface area (Å²) in [6.45, 7) is 2.45. The fourth-order valence-corrected chi connectivity index (χ4v) is 5.37. The SMILES string of the molecule is CC1=C(C(=O)O)C(c2cccc([N+](=O)[O-])c2)C(C(=O)OC2CN(C(c3ccccc3)c3ccccc3)C2)=C(N)N1. The van der Waals surface area contributed by atoms with Gasteiger partial charge < -0.3 is 20.9 Å². The highest BCUT2D eigenvalue weighted by atomic mass is 16.6. The van der Waals surface area contributed by atoms with E-state index >= 15 is 0 Å². The van der Waals surface area contributed by atoms with Crippen LogP contribution in [0, 0.1) is 10.1 Å². The average Bonchev–Trinajstić information content (AvgIpc) is 2.92. The van der Waals surface area contributed by atoms with E-state index in [4.69, 9.17) is 10.5 Å². The lowest BCUT2D eigenvalue weighted by atomic mass is 9.81. The van der Waals surface area contributed by atoms with Crippen LogP contribution in [0.1, 0.15) is 35.6 Å². The van der Waals surface area contributed by atoms with Crippen molar-refractivity contribution in [3.8, 4) is 0 Å². The van der Waals surface area contributed by atoms with Crippen LogP contribution in [0.25, 0.3) is 0 Å². The molecule has 0 radical (unpaired) electrons. The molecule has 2 heterocycles. The van der Waals surface area contributed by atoms with E-state index in [-0.39, 0.29) is 40.0 Å². The smallest absolute Gasteiger partial charge is 0.339 e. The molecule has 4 N–H and O–H groups in total. The zero-order valence-corrected chi connectivity index (χ0v) is 21.7. The average molecular weight is 541 g/mol. The molecule has 0 aromatic heterocycles. The Hall–Kier alpha value is -4.96. The number of carbonyl (C=O) groups is 2. The first-order valence-corrected chi connectivity index (χ1v) is 12.7. The predicted molar refractivity (Wildman–Crippen MR) is 147 cm³/mol. The Kier molecular flexibility index (Phi) is 7.35. The van der Waals surface area contributed by atoms with Crippen LogP contribution in [-0.4, -0.2) is 46.1 Å². The van der Waals surface area contributed by atoms with Crippen LogP contribution < -0.4 is 11.1 Å². The van der Waals surface area contributed by atoms with Gasteiger partial charge in [-0.15, -0.1) is 0 Å². The number of likely N-dealkylation sites (tertiary alicyclic amines) is 1. The quantitative estimate of drug-likeness (QED) is 0.220. The van der Waals surface area contributed by atoms with Crippen molar-refractivity contribution in [2.45, 2.75) is 25.0 Å². The van der Waals surface area contributed by atoms with Gasteiger partial charge in [0, 0.05) is 30.9 Å². The fourth-order valence-electron chi connectivity index (χ4n) is 5.37. The van der Waals surface area contributed by atoms with Crippen molar-refractivity contribution in [3.05, 3.63) is 134 Å². The van der Waals surface area contributed by atoms with Gasteiger partial charge in [-0.05, 0) is 23.6 Å². The van der Waals surface area contributed by atoms with Gasteiger partial charge in [0.05, 0.1) is 28.0 Å². The normalized spacial score (nSPS) is 17.8. The first-order valence-electron chi connectivity index (χ1n) is 12.7. The molecule has 0 amide bonds. The summed E-state index contributed by atoms with van der Waals surface area (Å²) in [4.78, 5) is 38.8. The third-order valence-electron chi connectivity index (χ3n) is 7.20. The van der Waals surface area contributed by atoms with E-state index in [0.29, 0.717) is 13.1 Å². The van der Waals surface area contributed by atoms with Gasteiger partial charge in [-0.3, -0.25) is 15.0 Å². The molecule has 3 aromatic rings. The lowest BCUT2D eigenvalue weighted by Gasteiger charge is -2.44. The summed E-state index contributed by atoms with van der Waals surface area (Å²) in [5.74, 6) is -3.24. The Morgan fingerprint density at radius 1 is 1.00 bits per heavy atom. The van der Waals surface area contributed by atoms with E-state index in [1.807, 2.05) is 36.4 Å². The van der Waals surface area contributed by atoms with E-state index in [9.17, 15) is 24.8 Å². The lowest BCUT2D eigenvalue weighted by Crippen LogP contribution is -2.54. The lowest BCUT2D eigenvalue weighted by molar-refractivity contribution is -0.384. The van der Waals surface area contributed by atoms with E-state index < -0.39 is 28.9 Å². The topological polar surface area (TPSA) is 148 Å². The summed E-state index contributed by atoms with van der Waals surface area (Å²) in [6, 6.07) is 25.6. The number of nitrogens with one attached hydrogen (secondary N) is 1. The highest BCUT2D eigenvalue weighted by Crippen LogP contribution is 2.40. The van der Waals surface area contributed by atoms with E-state index in [1.54, 1.807) is 0 Å². The number of rotatable bonds is 8. The standard InChI is InChI=1S/C30H28N4O6/c1-18-24(29(35)36)25(21-13-8-14-22(15-21)34(38)39)26(28(31)32-18)30(37)40-23-16-33(17-23)27(19-9-4-2-5-10-19)20-11-6-3-7-12-20/h2-15,23,25,27,32H,16-17,31H2,1H3,(H,35,36). The van der Waals surface area contributed by atoms with E-state index in [2.05, 4.69) is 34.5 Å². The van der Waals surface area contributed by atoms with Gasteiger partial charge in [-0.2, -0.15) is 0 Å². The monoisotopic (exact) mass is 540 g/mol. The van der Waals surface area contributed by atoms with Crippen LogP contribution in [0.15, 0.2) is 108 Å². The number of nitro groups is 1. The predicted octanol–water partition coefficient (Wildman–Crippen LogP) is 3.83. The molecule has 40 heavy (non-hydrogen) atoms. The third-order valence-corrected chi connectivity index (χ3v) is 7.20. The molecule has 0 aliphatic carbocycles. The molecule has 0 saturated carbocycles. The highest BCUT2D eigenvalue weighted by molar-refractivity contribution is 5.99. The number of non-ortho nitro benzene ring substituents is 1. The second-order valence-corrected chi connectivity index (χ2v) is 9.79. The van der Waals surface area contributed by atoms with Gasteiger partial charge in [0.1, 0.15) is 11.9 Å². The maximum Gasteiger partial charge on any atom is 0.339 e. The largest absolute Gasteiger partial charge is 0.478 e. The number of dihydropyridines is 1. The molecule has 5 rings (SSSR count). The fraction of sp³-hybridized carbons (Fsp3) is 0.200. The van der Waals surface area contributed by atoms with E-state index in [1.165, 1.54) is 31.2 Å². The van der Waals surface area contributed by atoms with Gasteiger partial charge in [0.25, 0.3) is 5.69 Å². The zero-order valence-electron chi connectivity index (χ0n) is 21.7. The molecule has 0 spiro atoms. The molecular formula is C30H28N4O6. The number of benzene rings is 3. The number of hydrogen-bond donors (Lipinski definition) is 3. The number of allylic oxidation sites excluding steroid dienone is 1. The molecule has 1 atom stereocenters. The molecular weight excluding hydrogens is 512 g/mol. The third kappa shape index (κ3) is 5.16. The number of aliphatic carboxylic acids is 1. The first kappa shape index (κ1) is 26.6. The number of nitrogens with two attached hydrogens (primary N) is 1. The molecule has 10 heteroatoms. The number of carbonyl (C=O) groups excluding carboxylic acids is 1. The van der Waals surface area contributed by atoms with Crippen LogP contribution in [0.4, 0.5) is 5.69 Å². The molecule has 3 aromatic carbocycles. The van der Waals surface area contributed by atoms with Crippen molar-refractivity contribution in [3.63, 3.8) is 0 Å². The van der Waals surface area contributed by atoms with Gasteiger partial charge in [0.2, 0.25) is 0 Å². The van der Waals surface area contributed by atoms with Crippen molar-refractivity contribution in [2.75, 3.05) is 13.1 Å². The first-order chi connectivity index (χ1) is 19.2. The summed E-state index contributed by atoms with van der Waals surface area (Å²) in [6.07, 6.45) is -0.450. The Morgan fingerprint density at radius 2 is 1.60 bits per heavy atom. The summed E-state index contributed by atoms with van der Waals surface area (Å²) in [5, 5.41) is 24.2. The molecule has 204 valence electrons. The van der Waals surface area contributed by atoms with Crippen molar-refractivity contribution < 1.29 is 24.4 Å².